The molecule has 0 bridgehead atoms. The van der Waals surface area contributed by atoms with Gasteiger partial charge >= 0.3 is 5.97 Å². The van der Waals surface area contributed by atoms with Crippen LogP contribution < -0.4 is 23.7 Å². The summed E-state index contributed by atoms with van der Waals surface area (Å²) in [5, 5.41) is 0. The molecule has 0 aliphatic rings. The second kappa shape index (κ2) is 8.47. The van der Waals surface area contributed by atoms with Gasteiger partial charge in [-0.1, -0.05) is 12.1 Å². The number of carbonyl (C=O) groups excluding carboxylic acids is 1. The highest BCUT2D eigenvalue weighted by atomic mass is 16.5. The van der Waals surface area contributed by atoms with E-state index in [1.165, 1.54) is 6.92 Å². The van der Waals surface area contributed by atoms with Crippen LogP contribution in [0.25, 0.3) is 0 Å². The van der Waals surface area contributed by atoms with Gasteiger partial charge in [0.25, 0.3) is 0 Å². The van der Waals surface area contributed by atoms with Crippen LogP contribution in [0.5, 0.6) is 28.7 Å². The Balaban J connectivity index is 2.49. The molecule has 2 aromatic rings. The minimum atomic E-state index is -0.347. The number of hydrogen-bond acceptors (Lipinski definition) is 6. The molecular weight excluding hydrogens is 336 g/mol. The van der Waals surface area contributed by atoms with Crippen LogP contribution in [0.3, 0.4) is 0 Å². The van der Waals surface area contributed by atoms with Crippen LogP contribution in [0.1, 0.15) is 23.6 Å². The molecule has 0 fully saturated rings. The van der Waals surface area contributed by atoms with E-state index < -0.39 is 0 Å². The van der Waals surface area contributed by atoms with E-state index >= 15 is 0 Å². The minimum Gasteiger partial charge on any atom is -0.492 e. The fraction of sp³-hybridized carbons (Fsp3) is 0.350. The number of methoxy groups -OCH3 is 4. The molecule has 0 aliphatic heterocycles. The van der Waals surface area contributed by atoms with Gasteiger partial charge in [0.2, 0.25) is 11.5 Å². The Kier molecular flexibility index (Phi) is 6.33. The van der Waals surface area contributed by atoms with Gasteiger partial charge < -0.3 is 23.7 Å². The molecular formula is C20H24O6. The zero-order valence-electron chi connectivity index (χ0n) is 16.0. The lowest BCUT2D eigenvalue weighted by Gasteiger charge is -2.21. The van der Waals surface area contributed by atoms with E-state index in [2.05, 4.69) is 0 Å². The van der Waals surface area contributed by atoms with Gasteiger partial charge in [0, 0.05) is 24.5 Å². The summed E-state index contributed by atoms with van der Waals surface area (Å²) in [6.45, 7) is 3.32. The Morgan fingerprint density at radius 2 is 1.31 bits per heavy atom. The van der Waals surface area contributed by atoms with Crippen molar-refractivity contribution in [3.05, 3.63) is 41.0 Å². The van der Waals surface area contributed by atoms with E-state index in [0.29, 0.717) is 35.2 Å². The Bertz CT molecular complexity index is 780. The van der Waals surface area contributed by atoms with E-state index in [9.17, 15) is 4.79 Å². The maximum atomic E-state index is 11.0. The summed E-state index contributed by atoms with van der Waals surface area (Å²) >= 11 is 0. The van der Waals surface area contributed by atoms with Crippen molar-refractivity contribution in [2.75, 3.05) is 28.4 Å². The first kappa shape index (κ1) is 19.4. The molecule has 6 nitrogen and oxygen atoms in total. The van der Waals surface area contributed by atoms with E-state index in [1.807, 2.05) is 19.1 Å². The molecule has 0 atom stereocenters. The first-order valence-electron chi connectivity index (χ1n) is 8.09. The van der Waals surface area contributed by atoms with Gasteiger partial charge in [-0.2, -0.15) is 0 Å². The third kappa shape index (κ3) is 3.85. The topological polar surface area (TPSA) is 63.2 Å². The van der Waals surface area contributed by atoms with Crippen LogP contribution in [-0.4, -0.2) is 34.4 Å². The van der Waals surface area contributed by atoms with Crippen LogP contribution >= 0.6 is 0 Å². The van der Waals surface area contributed by atoms with Gasteiger partial charge in [0.15, 0.2) is 11.5 Å². The summed E-state index contributed by atoms with van der Waals surface area (Å²) in [6.07, 6.45) is 0.589. The monoisotopic (exact) mass is 360 g/mol. The van der Waals surface area contributed by atoms with Crippen molar-refractivity contribution in [3.63, 3.8) is 0 Å². The van der Waals surface area contributed by atoms with Gasteiger partial charge in [0.05, 0.1) is 28.4 Å². The third-order valence-electron chi connectivity index (χ3n) is 4.07. The highest BCUT2D eigenvalue weighted by Gasteiger charge is 2.25. The molecule has 0 aromatic heterocycles. The average molecular weight is 360 g/mol. The number of ether oxygens (including phenoxy) is 5. The van der Waals surface area contributed by atoms with Gasteiger partial charge in [-0.15, -0.1) is 0 Å². The zero-order chi connectivity index (χ0) is 19.3. The van der Waals surface area contributed by atoms with E-state index in [1.54, 1.807) is 40.6 Å². The first-order valence-corrected chi connectivity index (χ1v) is 8.09. The molecule has 0 unspecified atom stereocenters. The molecule has 140 valence electrons. The smallest absolute Gasteiger partial charge is 0.308 e. The van der Waals surface area contributed by atoms with E-state index in [0.717, 1.165) is 16.7 Å². The van der Waals surface area contributed by atoms with Crippen molar-refractivity contribution >= 4 is 5.97 Å². The summed E-state index contributed by atoms with van der Waals surface area (Å²) < 4.78 is 27.2. The summed E-state index contributed by atoms with van der Waals surface area (Å²) in [7, 11) is 6.31. The molecule has 0 amide bonds. The Morgan fingerprint density at radius 3 is 1.77 bits per heavy atom. The number of esters is 1. The highest BCUT2D eigenvalue weighted by Crippen LogP contribution is 2.49. The van der Waals surface area contributed by atoms with Crippen molar-refractivity contribution in [2.45, 2.75) is 20.3 Å². The van der Waals surface area contributed by atoms with Gasteiger partial charge in [-0.25, -0.2) is 0 Å². The number of benzene rings is 2. The summed E-state index contributed by atoms with van der Waals surface area (Å²) in [6, 6.07) is 7.33. The van der Waals surface area contributed by atoms with Crippen molar-refractivity contribution in [1.82, 2.24) is 0 Å². The molecule has 2 rings (SSSR count). The molecule has 0 saturated heterocycles. The van der Waals surface area contributed by atoms with Crippen LogP contribution in [0.2, 0.25) is 0 Å². The second-order valence-corrected chi connectivity index (χ2v) is 5.65. The lowest BCUT2D eigenvalue weighted by atomic mass is 9.97. The fourth-order valence-electron chi connectivity index (χ4n) is 2.91. The molecule has 0 spiro atoms. The summed E-state index contributed by atoms with van der Waals surface area (Å²) in [5.41, 5.74) is 2.87. The average Bonchev–Trinajstić information content (AvgIpc) is 2.63. The Labute approximate surface area is 153 Å². The van der Waals surface area contributed by atoms with Crippen molar-refractivity contribution in [2.24, 2.45) is 0 Å². The fourth-order valence-corrected chi connectivity index (χ4v) is 2.91. The van der Waals surface area contributed by atoms with E-state index in [4.69, 9.17) is 23.7 Å². The largest absolute Gasteiger partial charge is 0.492 e. The van der Waals surface area contributed by atoms with Crippen LogP contribution in [0.4, 0.5) is 0 Å². The molecule has 0 N–H and O–H groups in total. The number of rotatable bonds is 7. The molecule has 0 aliphatic carbocycles. The van der Waals surface area contributed by atoms with Crippen molar-refractivity contribution < 1.29 is 28.5 Å². The van der Waals surface area contributed by atoms with Crippen LogP contribution in [-0.2, 0) is 11.2 Å². The van der Waals surface area contributed by atoms with Crippen LogP contribution in [0.15, 0.2) is 24.3 Å². The summed E-state index contributed by atoms with van der Waals surface area (Å²) in [5.74, 6) is 2.36. The van der Waals surface area contributed by atoms with Crippen molar-refractivity contribution in [1.29, 1.82) is 0 Å². The molecule has 2 aromatic carbocycles. The molecule has 0 saturated carbocycles. The highest BCUT2D eigenvalue weighted by molar-refractivity contribution is 5.69. The predicted molar refractivity (Wildman–Crippen MR) is 97.9 cm³/mol. The SMILES string of the molecule is COc1c(C)c(Cc2ccc(OC(C)=O)cc2)c(OC)c(OC)c1OC. The lowest BCUT2D eigenvalue weighted by Crippen LogP contribution is -2.05. The quantitative estimate of drug-likeness (QED) is 0.556. The second-order valence-electron chi connectivity index (χ2n) is 5.65. The summed E-state index contributed by atoms with van der Waals surface area (Å²) in [4.78, 5) is 11.0. The molecule has 26 heavy (non-hydrogen) atoms. The first-order chi connectivity index (χ1) is 12.5. The number of carbonyl (C=O) groups is 1. The zero-order valence-corrected chi connectivity index (χ0v) is 16.0. The lowest BCUT2D eigenvalue weighted by molar-refractivity contribution is -0.131. The maximum absolute atomic E-state index is 11.0. The Hall–Kier alpha value is -2.89. The standard InChI is InChI=1S/C20H24O6/c1-12-16(11-14-7-9-15(10-8-14)26-13(2)21)18(23-4)20(25-6)19(24-5)17(12)22-3/h7-10H,11H2,1-6H3. The van der Waals surface area contributed by atoms with Gasteiger partial charge in [-0.05, 0) is 24.6 Å². The van der Waals surface area contributed by atoms with Crippen molar-refractivity contribution in [3.8, 4) is 28.7 Å². The van der Waals surface area contributed by atoms with Gasteiger partial charge in [0.1, 0.15) is 5.75 Å². The molecule has 0 radical (unpaired) electrons. The molecule has 0 heterocycles. The maximum Gasteiger partial charge on any atom is 0.308 e. The molecule has 6 heteroatoms. The Morgan fingerprint density at radius 1 is 0.808 bits per heavy atom. The van der Waals surface area contributed by atoms with E-state index in [-0.39, 0.29) is 5.97 Å². The minimum absolute atomic E-state index is 0.347. The predicted octanol–water partition coefficient (Wildman–Crippen LogP) is 3.55. The third-order valence-corrected chi connectivity index (χ3v) is 4.07. The number of hydrogen-bond donors (Lipinski definition) is 0. The normalized spacial score (nSPS) is 10.2. The van der Waals surface area contributed by atoms with Crippen LogP contribution in [0, 0.1) is 6.92 Å². The van der Waals surface area contributed by atoms with Gasteiger partial charge in [-0.3, -0.25) is 4.79 Å².